The van der Waals surface area contributed by atoms with Gasteiger partial charge in [0.25, 0.3) is 5.91 Å². The van der Waals surface area contributed by atoms with Crippen LogP contribution in [0.3, 0.4) is 0 Å². The third-order valence-electron chi connectivity index (χ3n) is 3.97. The number of carbonyl (C=O) groups excluding carboxylic acids is 1. The Bertz CT molecular complexity index is 922. The molecular formula is C19H17N3O2S2. The van der Waals surface area contributed by atoms with Crippen molar-refractivity contribution in [3.63, 3.8) is 0 Å². The predicted molar refractivity (Wildman–Crippen MR) is 107 cm³/mol. The van der Waals surface area contributed by atoms with E-state index in [9.17, 15) is 9.90 Å². The Hall–Kier alpha value is -2.38. The molecule has 0 saturated carbocycles. The normalized spacial score (nSPS) is 14.5. The summed E-state index contributed by atoms with van der Waals surface area (Å²) in [5.74, 6) is 1.72. The lowest BCUT2D eigenvalue weighted by atomic mass is 10.2. The van der Waals surface area contributed by atoms with Gasteiger partial charge in [-0.15, -0.1) is 23.5 Å². The van der Waals surface area contributed by atoms with Crippen LogP contribution in [-0.4, -0.2) is 32.3 Å². The first kappa shape index (κ1) is 17.1. The zero-order valence-electron chi connectivity index (χ0n) is 13.8. The maximum Gasteiger partial charge on any atom is 0.280 e. The van der Waals surface area contributed by atoms with Gasteiger partial charge in [-0.2, -0.15) is 5.10 Å². The van der Waals surface area contributed by atoms with Gasteiger partial charge in [-0.1, -0.05) is 30.3 Å². The van der Waals surface area contributed by atoms with Crippen molar-refractivity contribution in [2.45, 2.75) is 4.58 Å². The minimum absolute atomic E-state index is 0.00359. The van der Waals surface area contributed by atoms with Crippen LogP contribution in [0.4, 0.5) is 5.69 Å². The number of nitrogens with one attached hydrogen (secondary N) is 1. The van der Waals surface area contributed by atoms with E-state index in [1.807, 2.05) is 72.1 Å². The lowest BCUT2D eigenvalue weighted by Gasteiger charge is -2.10. The van der Waals surface area contributed by atoms with E-state index in [-0.39, 0.29) is 11.4 Å². The molecule has 0 atom stereocenters. The number of nitrogens with zero attached hydrogens (tertiary/aromatic N) is 2. The number of hydrogen-bond acceptors (Lipinski definition) is 5. The number of hydrogen-bond donors (Lipinski definition) is 2. The number of carbonyl (C=O) groups is 1. The van der Waals surface area contributed by atoms with Crippen LogP contribution in [0.25, 0.3) is 5.69 Å². The topological polar surface area (TPSA) is 67.2 Å². The lowest BCUT2D eigenvalue weighted by molar-refractivity contribution is 0.101. The highest BCUT2D eigenvalue weighted by atomic mass is 32.2. The minimum Gasteiger partial charge on any atom is -0.504 e. The summed E-state index contributed by atoms with van der Waals surface area (Å²) in [7, 11) is 0. The van der Waals surface area contributed by atoms with E-state index in [0.29, 0.717) is 10.3 Å². The third-order valence-corrected chi connectivity index (χ3v) is 7.07. The van der Waals surface area contributed by atoms with E-state index >= 15 is 0 Å². The number of aromatic nitrogens is 2. The average molecular weight is 383 g/mol. The summed E-state index contributed by atoms with van der Waals surface area (Å²) in [5, 5.41) is 17.2. The molecule has 1 aliphatic rings. The summed E-state index contributed by atoms with van der Waals surface area (Å²) in [6.45, 7) is 0. The molecule has 7 heteroatoms. The fourth-order valence-electron chi connectivity index (χ4n) is 2.74. The fourth-order valence-corrected chi connectivity index (χ4v) is 5.58. The minimum atomic E-state index is -0.430. The number of benzene rings is 2. The van der Waals surface area contributed by atoms with E-state index in [2.05, 4.69) is 16.5 Å². The first-order chi connectivity index (χ1) is 12.7. The molecule has 0 bridgehead atoms. The Morgan fingerprint density at radius 2 is 1.88 bits per heavy atom. The van der Waals surface area contributed by atoms with Gasteiger partial charge in [-0.3, -0.25) is 4.79 Å². The van der Waals surface area contributed by atoms with Gasteiger partial charge in [0.2, 0.25) is 0 Å². The monoisotopic (exact) mass is 383 g/mol. The quantitative estimate of drug-likeness (QED) is 0.703. The van der Waals surface area contributed by atoms with Crippen molar-refractivity contribution in [2.24, 2.45) is 0 Å². The average Bonchev–Trinajstić information content (AvgIpc) is 3.32. The van der Waals surface area contributed by atoms with Crippen LogP contribution < -0.4 is 5.32 Å². The molecule has 4 rings (SSSR count). The summed E-state index contributed by atoms with van der Waals surface area (Å²) in [6.07, 6.45) is 1.44. The predicted octanol–water partition coefficient (Wildman–Crippen LogP) is 4.31. The molecule has 0 radical (unpaired) electrons. The van der Waals surface area contributed by atoms with Gasteiger partial charge in [0.1, 0.15) is 0 Å². The van der Waals surface area contributed by atoms with Crippen LogP contribution >= 0.6 is 23.5 Å². The molecule has 0 spiro atoms. The molecule has 2 N–H and O–H groups in total. The molecule has 3 aromatic rings. The Morgan fingerprint density at radius 3 is 2.65 bits per heavy atom. The standard InChI is InChI=1S/C19H17N3O2S2/c23-16-12-22(15-7-2-1-3-8-15)21-17(16)18(24)20-14-6-4-5-13(11-14)19-25-9-10-26-19/h1-8,11-12,19,23H,9-10H2,(H,20,24). The molecule has 1 amide bonds. The molecule has 1 aromatic heterocycles. The highest BCUT2D eigenvalue weighted by Gasteiger charge is 2.20. The summed E-state index contributed by atoms with van der Waals surface area (Å²) in [4.78, 5) is 12.6. The number of para-hydroxylation sites is 1. The van der Waals surface area contributed by atoms with Crippen molar-refractivity contribution in [2.75, 3.05) is 16.8 Å². The molecule has 1 fully saturated rings. The van der Waals surface area contributed by atoms with Crippen molar-refractivity contribution in [3.8, 4) is 11.4 Å². The number of amides is 1. The molecular weight excluding hydrogens is 366 g/mol. The maximum absolute atomic E-state index is 12.6. The van der Waals surface area contributed by atoms with Crippen LogP contribution in [0.1, 0.15) is 20.6 Å². The zero-order valence-corrected chi connectivity index (χ0v) is 15.5. The molecule has 2 heterocycles. The summed E-state index contributed by atoms with van der Waals surface area (Å²) >= 11 is 3.83. The lowest BCUT2D eigenvalue weighted by Crippen LogP contribution is -2.13. The SMILES string of the molecule is O=C(Nc1cccc(C2SCCS2)c1)c1nn(-c2ccccc2)cc1O. The van der Waals surface area contributed by atoms with Crippen molar-refractivity contribution >= 4 is 35.1 Å². The van der Waals surface area contributed by atoms with Gasteiger partial charge >= 0.3 is 0 Å². The molecule has 1 aliphatic heterocycles. The van der Waals surface area contributed by atoms with Crippen LogP contribution in [0, 0.1) is 0 Å². The summed E-state index contributed by atoms with van der Waals surface area (Å²) in [5.41, 5.74) is 2.67. The molecule has 1 saturated heterocycles. The number of thioether (sulfide) groups is 2. The van der Waals surface area contributed by atoms with E-state index < -0.39 is 5.91 Å². The fraction of sp³-hybridized carbons (Fsp3) is 0.158. The summed E-state index contributed by atoms with van der Waals surface area (Å²) in [6, 6.07) is 17.2. The number of aromatic hydroxyl groups is 1. The number of rotatable bonds is 4. The van der Waals surface area contributed by atoms with Crippen molar-refractivity contribution in [1.82, 2.24) is 9.78 Å². The largest absolute Gasteiger partial charge is 0.504 e. The Morgan fingerprint density at radius 1 is 1.12 bits per heavy atom. The van der Waals surface area contributed by atoms with Gasteiger partial charge in [0.15, 0.2) is 11.4 Å². The first-order valence-electron chi connectivity index (χ1n) is 8.19. The van der Waals surface area contributed by atoms with Crippen LogP contribution in [0.2, 0.25) is 0 Å². The van der Waals surface area contributed by atoms with Gasteiger partial charge in [0.05, 0.1) is 16.5 Å². The number of anilines is 1. The third kappa shape index (κ3) is 3.59. The van der Waals surface area contributed by atoms with Gasteiger partial charge in [-0.05, 0) is 29.8 Å². The Balaban J connectivity index is 1.53. The van der Waals surface area contributed by atoms with E-state index in [1.54, 1.807) is 0 Å². The highest BCUT2D eigenvalue weighted by molar-refractivity contribution is 8.19. The maximum atomic E-state index is 12.6. The van der Waals surface area contributed by atoms with Crippen molar-refractivity contribution < 1.29 is 9.90 Å². The second-order valence-corrected chi connectivity index (χ2v) is 8.52. The Kier molecular flexibility index (Phi) is 4.90. The first-order valence-corrected chi connectivity index (χ1v) is 10.3. The van der Waals surface area contributed by atoms with Crippen LogP contribution in [0.15, 0.2) is 60.8 Å². The molecule has 132 valence electrons. The second kappa shape index (κ2) is 7.47. The van der Waals surface area contributed by atoms with Gasteiger partial charge < -0.3 is 10.4 Å². The van der Waals surface area contributed by atoms with E-state index in [4.69, 9.17) is 0 Å². The molecule has 5 nitrogen and oxygen atoms in total. The molecule has 2 aromatic carbocycles. The smallest absolute Gasteiger partial charge is 0.280 e. The molecule has 26 heavy (non-hydrogen) atoms. The zero-order chi connectivity index (χ0) is 17.9. The van der Waals surface area contributed by atoms with E-state index in [1.165, 1.54) is 16.4 Å². The van der Waals surface area contributed by atoms with Gasteiger partial charge in [0, 0.05) is 17.2 Å². The van der Waals surface area contributed by atoms with Crippen molar-refractivity contribution in [3.05, 3.63) is 72.1 Å². The molecule has 0 aliphatic carbocycles. The molecule has 0 unspecified atom stereocenters. The van der Waals surface area contributed by atoms with Gasteiger partial charge in [-0.25, -0.2) is 4.68 Å². The second-order valence-electron chi connectivity index (χ2n) is 5.80. The summed E-state index contributed by atoms with van der Waals surface area (Å²) < 4.78 is 1.91. The van der Waals surface area contributed by atoms with Crippen LogP contribution in [0.5, 0.6) is 5.75 Å². The Labute approximate surface area is 159 Å². The van der Waals surface area contributed by atoms with E-state index in [0.717, 1.165) is 17.2 Å². The van der Waals surface area contributed by atoms with Crippen molar-refractivity contribution in [1.29, 1.82) is 0 Å². The van der Waals surface area contributed by atoms with Crippen LogP contribution in [-0.2, 0) is 0 Å². The highest BCUT2D eigenvalue weighted by Crippen LogP contribution is 2.45.